The van der Waals surface area contributed by atoms with Gasteiger partial charge in [0.15, 0.2) is 23.9 Å². The van der Waals surface area contributed by atoms with Crippen molar-refractivity contribution in [2.24, 2.45) is 5.92 Å². The highest BCUT2D eigenvalue weighted by Crippen LogP contribution is 2.30. The van der Waals surface area contributed by atoms with Crippen molar-refractivity contribution >= 4 is 17.7 Å². The lowest BCUT2D eigenvalue weighted by atomic mass is 10.0. The Morgan fingerprint density at radius 2 is 1.64 bits per heavy atom. The molecule has 176 valence electrons. The van der Waals surface area contributed by atoms with Crippen molar-refractivity contribution in [1.29, 1.82) is 0 Å². The van der Waals surface area contributed by atoms with Crippen molar-refractivity contribution in [3.8, 4) is 17.2 Å². The summed E-state index contributed by atoms with van der Waals surface area (Å²) in [7, 11) is 0. The van der Waals surface area contributed by atoms with Crippen molar-refractivity contribution in [2.75, 3.05) is 26.4 Å². The van der Waals surface area contributed by atoms with Crippen molar-refractivity contribution in [2.45, 2.75) is 33.2 Å². The summed E-state index contributed by atoms with van der Waals surface area (Å²) in [4.78, 5) is 37.8. The molecule has 1 heterocycles. The second-order valence-corrected chi connectivity index (χ2v) is 7.90. The fourth-order valence-electron chi connectivity index (χ4n) is 3.24. The van der Waals surface area contributed by atoms with Crippen LogP contribution >= 0.6 is 0 Å². The Balaban J connectivity index is 1.59. The first-order chi connectivity index (χ1) is 15.9. The Kier molecular flexibility index (Phi) is 8.29. The predicted octanol–water partition coefficient (Wildman–Crippen LogP) is 3.43. The number of rotatable bonds is 9. The molecule has 0 radical (unpaired) electrons. The first-order valence-corrected chi connectivity index (χ1v) is 11.0. The van der Waals surface area contributed by atoms with Crippen LogP contribution in [0.25, 0.3) is 0 Å². The summed E-state index contributed by atoms with van der Waals surface area (Å²) < 4.78 is 21.8. The number of esters is 1. The molecule has 1 N–H and O–H groups in total. The van der Waals surface area contributed by atoms with Crippen molar-refractivity contribution in [3.05, 3.63) is 53.6 Å². The van der Waals surface area contributed by atoms with Crippen LogP contribution in [0.2, 0.25) is 0 Å². The molecule has 0 bridgehead atoms. The molecule has 0 spiro atoms. The van der Waals surface area contributed by atoms with Gasteiger partial charge in [0.1, 0.15) is 11.8 Å². The number of nitrogens with one attached hydrogen (secondary N) is 1. The van der Waals surface area contributed by atoms with Gasteiger partial charge in [-0.3, -0.25) is 9.59 Å². The number of amides is 1. The standard InChI is InChI=1S/C25H29NO7/c1-4-30-19-9-6-17(7-10-19)24(28)26-23(16(2)3)25(29)33-15-20(27)18-8-11-21-22(14-18)32-13-5-12-31-21/h6-11,14,16,23H,4-5,12-13,15H2,1-3H3,(H,26,28)/t23-/m0/s1. The number of benzene rings is 2. The Bertz CT molecular complexity index is 985. The number of carbonyl (C=O) groups excluding carboxylic acids is 3. The van der Waals surface area contributed by atoms with E-state index in [2.05, 4.69) is 5.32 Å². The first kappa shape index (κ1) is 24.1. The second-order valence-electron chi connectivity index (χ2n) is 7.90. The lowest BCUT2D eigenvalue weighted by Gasteiger charge is -2.21. The molecule has 0 unspecified atom stereocenters. The summed E-state index contributed by atoms with van der Waals surface area (Å²) in [6, 6.07) is 10.6. The Labute approximate surface area is 193 Å². The average Bonchev–Trinajstić information content (AvgIpc) is 3.06. The highest BCUT2D eigenvalue weighted by molar-refractivity contribution is 5.99. The number of carbonyl (C=O) groups is 3. The summed E-state index contributed by atoms with van der Waals surface area (Å²) in [5.74, 6) is 0.0268. The molecule has 0 aromatic heterocycles. The summed E-state index contributed by atoms with van der Waals surface area (Å²) >= 11 is 0. The summed E-state index contributed by atoms with van der Waals surface area (Å²) in [6.07, 6.45) is 0.758. The van der Waals surface area contributed by atoms with Crippen LogP contribution in [-0.4, -0.2) is 50.1 Å². The van der Waals surface area contributed by atoms with Crippen LogP contribution in [0.3, 0.4) is 0 Å². The molecule has 8 nitrogen and oxygen atoms in total. The molecule has 1 aliphatic rings. The number of ether oxygens (including phenoxy) is 4. The molecule has 1 atom stereocenters. The molecular weight excluding hydrogens is 426 g/mol. The largest absolute Gasteiger partial charge is 0.494 e. The fraction of sp³-hybridized carbons (Fsp3) is 0.400. The number of fused-ring (bicyclic) bond motifs is 1. The third-order valence-electron chi connectivity index (χ3n) is 5.05. The van der Waals surface area contributed by atoms with Crippen molar-refractivity contribution in [3.63, 3.8) is 0 Å². The SMILES string of the molecule is CCOc1ccc(C(=O)N[C@H](C(=O)OCC(=O)c2ccc3c(c2)OCCCO3)C(C)C)cc1. The van der Waals surface area contributed by atoms with E-state index in [0.717, 1.165) is 6.42 Å². The molecule has 1 amide bonds. The minimum Gasteiger partial charge on any atom is -0.494 e. The fourth-order valence-corrected chi connectivity index (χ4v) is 3.24. The molecule has 0 saturated carbocycles. The highest BCUT2D eigenvalue weighted by atomic mass is 16.5. The molecule has 0 fully saturated rings. The Morgan fingerprint density at radius 1 is 0.970 bits per heavy atom. The number of hydrogen-bond acceptors (Lipinski definition) is 7. The van der Waals surface area contributed by atoms with Crippen LogP contribution < -0.4 is 19.5 Å². The van der Waals surface area contributed by atoms with Gasteiger partial charge in [0, 0.05) is 17.5 Å². The van der Waals surface area contributed by atoms with Crippen LogP contribution in [0.4, 0.5) is 0 Å². The summed E-state index contributed by atoms with van der Waals surface area (Å²) in [5.41, 5.74) is 0.742. The minimum atomic E-state index is -0.902. The summed E-state index contributed by atoms with van der Waals surface area (Å²) in [5, 5.41) is 2.69. The van der Waals surface area contributed by atoms with Gasteiger partial charge in [0.25, 0.3) is 5.91 Å². The first-order valence-electron chi connectivity index (χ1n) is 11.0. The number of Topliss-reactive ketones (excluding diaryl/α,β-unsaturated/α-hetero) is 1. The quantitative estimate of drug-likeness (QED) is 0.457. The normalized spacial score (nSPS) is 13.6. The van der Waals surface area contributed by atoms with Gasteiger partial charge >= 0.3 is 5.97 Å². The van der Waals surface area contributed by atoms with E-state index >= 15 is 0 Å². The third kappa shape index (κ3) is 6.47. The Hall–Kier alpha value is -3.55. The van der Waals surface area contributed by atoms with Gasteiger partial charge < -0.3 is 24.3 Å². The van der Waals surface area contributed by atoms with Gasteiger partial charge in [-0.15, -0.1) is 0 Å². The maximum absolute atomic E-state index is 12.7. The zero-order valence-corrected chi connectivity index (χ0v) is 19.1. The average molecular weight is 456 g/mol. The molecule has 3 rings (SSSR count). The van der Waals surface area contributed by atoms with Gasteiger partial charge in [-0.2, -0.15) is 0 Å². The molecule has 33 heavy (non-hydrogen) atoms. The number of hydrogen-bond donors (Lipinski definition) is 1. The lowest BCUT2D eigenvalue weighted by Crippen LogP contribution is -2.45. The maximum atomic E-state index is 12.7. The molecular formula is C25H29NO7. The zero-order valence-electron chi connectivity index (χ0n) is 19.1. The van der Waals surface area contributed by atoms with Crippen molar-refractivity contribution in [1.82, 2.24) is 5.32 Å². The van der Waals surface area contributed by atoms with Gasteiger partial charge in [-0.25, -0.2) is 4.79 Å². The Morgan fingerprint density at radius 3 is 2.30 bits per heavy atom. The van der Waals surface area contributed by atoms with Gasteiger partial charge in [0.2, 0.25) is 0 Å². The highest BCUT2D eigenvalue weighted by Gasteiger charge is 2.27. The lowest BCUT2D eigenvalue weighted by molar-refractivity contribution is -0.145. The van der Waals surface area contributed by atoms with Crippen LogP contribution in [0.5, 0.6) is 17.2 Å². The monoisotopic (exact) mass is 455 g/mol. The van der Waals surface area contributed by atoms with E-state index in [1.807, 2.05) is 6.92 Å². The van der Waals surface area contributed by atoms with E-state index in [0.29, 0.717) is 48.2 Å². The van der Waals surface area contributed by atoms with E-state index in [-0.39, 0.29) is 11.7 Å². The second kappa shape index (κ2) is 11.4. The van der Waals surface area contributed by atoms with Crippen LogP contribution in [0, 0.1) is 5.92 Å². The maximum Gasteiger partial charge on any atom is 0.329 e. The number of ketones is 1. The van der Waals surface area contributed by atoms with Gasteiger partial charge in [0.05, 0.1) is 19.8 Å². The van der Waals surface area contributed by atoms with E-state index in [1.54, 1.807) is 56.3 Å². The molecule has 1 aliphatic heterocycles. The smallest absolute Gasteiger partial charge is 0.329 e. The van der Waals surface area contributed by atoms with E-state index in [9.17, 15) is 14.4 Å². The minimum absolute atomic E-state index is 0.239. The van der Waals surface area contributed by atoms with Crippen LogP contribution in [0.15, 0.2) is 42.5 Å². The summed E-state index contributed by atoms with van der Waals surface area (Å²) in [6.45, 7) is 6.59. The molecule has 0 aliphatic carbocycles. The van der Waals surface area contributed by atoms with E-state index in [4.69, 9.17) is 18.9 Å². The topological polar surface area (TPSA) is 100 Å². The third-order valence-corrected chi connectivity index (χ3v) is 5.05. The van der Waals surface area contributed by atoms with Crippen molar-refractivity contribution < 1.29 is 33.3 Å². The molecule has 0 saturated heterocycles. The predicted molar refractivity (Wildman–Crippen MR) is 121 cm³/mol. The van der Waals surface area contributed by atoms with Crippen LogP contribution in [-0.2, 0) is 9.53 Å². The zero-order chi connectivity index (χ0) is 23.8. The van der Waals surface area contributed by atoms with Gasteiger partial charge in [-0.1, -0.05) is 13.8 Å². The molecule has 2 aromatic rings. The van der Waals surface area contributed by atoms with E-state index in [1.165, 1.54) is 0 Å². The van der Waals surface area contributed by atoms with E-state index < -0.39 is 24.5 Å². The van der Waals surface area contributed by atoms with Gasteiger partial charge in [-0.05, 0) is 55.3 Å². The van der Waals surface area contributed by atoms with Crippen LogP contribution in [0.1, 0.15) is 47.9 Å². The molecule has 2 aromatic carbocycles. The molecule has 8 heteroatoms.